The Labute approximate surface area is 142 Å². The van der Waals surface area contributed by atoms with Gasteiger partial charge in [-0.05, 0) is 19.2 Å². The number of ether oxygens (including phenoxy) is 3. The maximum absolute atomic E-state index is 12.9. The van der Waals surface area contributed by atoms with E-state index in [4.69, 9.17) is 14.2 Å². The van der Waals surface area contributed by atoms with Crippen LogP contribution in [0.1, 0.15) is 0 Å². The Kier molecular flexibility index (Phi) is 5.11. The van der Waals surface area contributed by atoms with Gasteiger partial charge in [-0.15, -0.1) is 0 Å². The first-order valence-electron chi connectivity index (χ1n) is 8.16. The monoisotopic (exact) mass is 335 g/mol. The first kappa shape index (κ1) is 16.9. The summed E-state index contributed by atoms with van der Waals surface area (Å²) in [5.41, 5.74) is 0.606. The number of hydrogen-bond acceptors (Lipinski definition) is 5. The molecule has 0 aliphatic carbocycles. The van der Waals surface area contributed by atoms with Gasteiger partial charge in [-0.1, -0.05) is 0 Å². The van der Waals surface area contributed by atoms with Crippen LogP contribution in [-0.2, 0) is 4.74 Å². The number of benzene rings is 1. The van der Waals surface area contributed by atoms with E-state index < -0.39 is 0 Å². The van der Waals surface area contributed by atoms with Gasteiger partial charge in [0, 0.05) is 31.6 Å². The van der Waals surface area contributed by atoms with Gasteiger partial charge < -0.3 is 29.3 Å². The normalized spacial score (nSPS) is 24.2. The molecule has 3 rings (SSSR count). The van der Waals surface area contributed by atoms with Crippen molar-refractivity contribution in [1.29, 1.82) is 0 Å². The van der Waals surface area contributed by atoms with E-state index in [1.165, 1.54) is 0 Å². The molecular formula is C17H25N3O4. The van der Waals surface area contributed by atoms with Crippen molar-refractivity contribution in [1.82, 2.24) is 9.80 Å². The molecule has 2 amide bonds. The fraction of sp³-hybridized carbons (Fsp3) is 0.588. The second-order valence-electron chi connectivity index (χ2n) is 6.43. The maximum atomic E-state index is 12.9. The van der Waals surface area contributed by atoms with Crippen LogP contribution in [-0.4, -0.2) is 76.0 Å². The summed E-state index contributed by atoms with van der Waals surface area (Å²) >= 11 is 0. The van der Waals surface area contributed by atoms with E-state index in [2.05, 4.69) is 17.3 Å². The molecule has 1 N–H and O–H groups in total. The molecule has 0 unspecified atom stereocenters. The van der Waals surface area contributed by atoms with E-state index in [0.717, 1.165) is 13.1 Å². The zero-order chi connectivity index (χ0) is 17.1. The number of urea groups is 1. The molecule has 2 saturated heterocycles. The SMILES string of the molecule is COc1ccc(OC)c(NC(=O)N2C[C@H]3COC[C@@H]2CN(C)C3)c1. The largest absolute Gasteiger partial charge is 0.497 e. The second kappa shape index (κ2) is 7.27. The smallest absolute Gasteiger partial charge is 0.322 e. The van der Waals surface area contributed by atoms with Gasteiger partial charge in [0.1, 0.15) is 11.5 Å². The number of nitrogens with one attached hydrogen (secondary N) is 1. The molecule has 2 atom stereocenters. The van der Waals surface area contributed by atoms with E-state index >= 15 is 0 Å². The molecule has 1 aromatic rings. The molecule has 2 fully saturated rings. The third kappa shape index (κ3) is 3.57. The maximum Gasteiger partial charge on any atom is 0.322 e. The van der Waals surface area contributed by atoms with E-state index in [0.29, 0.717) is 42.9 Å². The molecule has 0 spiro atoms. The summed E-state index contributed by atoms with van der Waals surface area (Å²) in [6.07, 6.45) is 0. The van der Waals surface area contributed by atoms with Crippen LogP contribution in [0.15, 0.2) is 18.2 Å². The lowest BCUT2D eigenvalue weighted by Gasteiger charge is -2.30. The molecule has 2 bridgehead atoms. The number of carbonyl (C=O) groups is 1. The fourth-order valence-electron chi connectivity index (χ4n) is 3.42. The number of hydrogen-bond donors (Lipinski definition) is 1. The Bertz CT molecular complexity index is 595. The van der Waals surface area contributed by atoms with Gasteiger partial charge in [0.05, 0.1) is 39.2 Å². The number of carbonyl (C=O) groups excluding carboxylic acids is 1. The van der Waals surface area contributed by atoms with E-state index in [1.807, 2.05) is 4.90 Å². The predicted octanol–water partition coefficient (Wildman–Crippen LogP) is 1.50. The second-order valence-corrected chi connectivity index (χ2v) is 6.43. The van der Waals surface area contributed by atoms with E-state index in [1.54, 1.807) is 32.4 Å². The molecule has 2 heterocycles. The van der Waals surface area contributed by atoms with Gasteiger partial charge in [0.25, 0.3) is 0 Å². The van der Waals surface area contributed by atoms with Crippen LogP contribution in [0.5, 0.6) is 11.5 Å². The first-order chi connectivity index (χ1) is 11.6. The molecule has 0 aromatic heterocycles. The van der Waals surface area contributed by atoms with Gasteiger partial charge in [-0.25, -0.2) is 4.79 Å². The summed E-state index contributed by atoms with van der Waals surface area (Å²) in [5.74, 6) is 1.61. The fourth-order valence-corrected chi connectivity index (χ4v) is 3.42. The third-order valence-corrected chi connectivity index (χ3v) is 4.56. The van der Waals surface area contributed by atoms with Gasteiger partial charge >= 0.3 is 6.03 Å². The minimum Gasteiger partial charge on any atom is -0.497 e. The Morgan fingerprint density at radius 1 is 1.21 bits per heavy atom. The first-order valence-corrected chi connectivity index (χ1v) is 8.16. The van der Waals surface area contributed by atoms with Gasteiger partial charge in [0.15, 0.2) is 0 Å². The molecule has 7 heteroatoms. The number of methoxy groups -OCH3 is 2. The lowest BCUT2D eigenvalue weighted by atomic mass is 10.1. The summed E-state index contributed by atoms with van der Waals surface area (Å²) in [7, 11) is 5.27. The average Bonchev–Trinajstić information content (AvgIpc) is 2.85. The number of likely N-dealkylation sites (N-methyl/N-ethyl adjacent to an activating group) is 1. The van der Waals surface area contributed by atoms with Crippen molar-refractivity contribution in [2.75, 3.05) is 59.4 Å². The topological polar surface area (TPSA) is 63.3 Å². The number of amides is 2. The van der Waals surface area contributed by atoms with Crippen molar-refractivity contribution in [2.24, 2.45) is 5.92 Å². The van der Waals surface area contributed by atoms with Crippen LogP contribution in [0.3, 0.4) is 0 Å². The van der Waals surface area contributed by atoms with E-state index in [-0.39, 0.29) is 12.1 Å². The zero-order valence-electron chi connectivity index (χ0n) is 14.4. The Hall–Kier alpha value is -1.99. The van der Waals surface area contributed by atoms with Crippen molar-refractivity contribution in [3.8, 4) is 11.5 Å². The van der Waals surface area contributed by atoms with Crippen LogP contribution in [0, 0.1) is 5.92 Å². The molecule has 2 aliphatic rings. The minimum absolute atomic E-state index is 0.0547. The van der Waals surface area contributed by atoms with Gasteiger partial charge in [-0.2, -0.15) is 0 Å². The summed E-state index contributed by atoms with van der Waals surface area (Å²) in [4.78, 5) is 17.0. The minimum atomic E-state index is -0.127. The third-order valence-electron chi connectivity index (χ3n) is 4.56. The molecule has 1 aromatic carbocycles. The zero-order valence-corrected chi connectivity index (χ0v) is 14.4. The van der Waals surface area contributed by atoms with Crippen LogP contribution >= 0.6 is 0 Å². The van der Waals surface area contributed by atoms with Crippen LogP contribution in [0.4, 0.5) is 10.5 Å². The molecule has 2 aliphatic heterocycles. The van der Waals surface area contributed by atoms with Crippen molar-refractivity contribution >= 4 is 11.7 Å². The quantitative estimate of drug-likeness (QED) is 0.907. The highest BCUT2D eigenvalue weighted by Gasteiger charge is 2.35. The van der Waals surface area contributed by atoms with Crippen molar-refractivity contribution in [3.63, 3.8) is 0 Å². The van der Waals surface area contributed by atoms with Crippen LogP contribution in [0.2, 0.25) is 0 Å². The standard InChI is InChI=1S/C17H25N3O4/c1-19-7-12-8-20(13(9-19)11-24-10-12)17(21)18-15-6-14(22-2)4-5-16(15)23-3/h4-6,12-13H,7-11H2,1-3H3,(H,18,21)/t12-,13-/m0/s1. The van der Waals surface area contributed by atoms with Crippen molar-refractivity contribution in [3.05, 3.63) is 18.2 Å². The number of fused-ring (bicyclic) bond motifs is 3. The summed E-state index contributed by atoms with van der Waals surface area (Å²) in [6, 6.07) is 5.28. The lowest BCUT2D eigenvalue weighted by Crippen LogP contribution is -2.47. The molecular weight excluding hydrogens is 310 g/mol. The average molecular weight is 335 g/mol. The predicted molar refractivity (Wildman–Crippen MR) is 90.9 cm³/mol. The Morgan fingerprint density at radius 3 is 2.79 bits per heavy atom. The van der Waals surface area contributed by atoms with Crippen molar-refractivity contribution in [2.45, 2.75) is 6.04 Å². The number of rotatable bonds is 3. The highest BCUT2D eigenvalue weighted by Crippen LogP contribution is 2.30. The summed E-state index contributed by atoms with van der Waals surface area (Å²) in [6.45, 7) is 3.74. The molecule has 7 nitrogen and oxygen atoms in total. The molecule has 0 radical (unpaired) electrons. The van der Waals surface area contributed by atoms with Crippen LogP contribution in [0.25, 0.3) is 0 Å². The summed E-state index contributed by atoms with van der Waals surface area (Å²) in [5, 5.41) is 2.97. The molecule has 0 saturated carbocycles. The Morgan fingerprint density at radius 2 is 2.04 bits per heavy atom. The van der Waals surface area contributed by atoms with Crippen molar-refractivity contribution < 1.29 is 19.0 Å². The Balaban J connectivity index is 1.79. The lowest BCUT2D eigenvalue weighted by molar-refractivity contribution is 0.0625. The number of anilines is 1. The van der Waals surface area contributed by atoms with Crippen LogP contribution < -0.4 is 14.8 Å². The van der Waals surface area contributed by atoms with Gasteiger partial charge in [-0.3, -0.25) is 0 Å². The highest BCUT2D eigenvalue weighted by molar-refractivity contribution is 5.91. The van der Waals surface area contributed by atoms with Gasteiger partial charge in [0.2, 0.25) is 0 Å². The molecule has 132 valence electrons. The number of nitrogens with zero attached hydrogens (tertiary/aromatic N) is 2. The van der Waals surface area contributed by atoms with E-state index in [9.17, 15) is 4.79 Å². The molecule has 24 heavy (non-hydrogen) atoms. The highest BCUT2D eigenvalue weighted by atomic mass is 16.5. The summed E-state index contributed by atoms with van der Waals surface area (Å²) < 4.78 is 16.3.